The Bertz CT molecular complexity index is 251. The van der Waals surface area contributed by atoms with Crippen molar-refractivity contribution in [3.63, 3.8) is 0 Å². The number of hydrogen-bond donors (Lipinski definition) is 3. The molecule has 0 aliphatic heterocycles. The fourth-order valence-electron chi connectivity index (χ4n) is 1.00. The Morgan fingerprint density at radius 1 is 1.36 bits per heavy atom. The van der Waals surface area contributed by atoms with Crippen LogP contribution in [0.5, 0.6) is 0 Å². The molecule has 0 saturated carbocycles. The molecular weight excluding hydrogens is 210 g/mol. The van der Waals surface area contributed by atoms with Gasteiger partial charge in [0.05, 0.1) is 6.73 Å². The van der Waals surface area contributed by atoms with E-state index < -0.39 is 29.0 Å². The zero-order valence-corrected chi connectivity index (χ0v) is 9.11. The van der Waals surface area contributed by atoms with E-state index in [2.05, 4.69) is 0 Å². The monoisotopic (exact) mass is 227 g/mol. The number of aliphatic hydroxyl groups excluding tert-OH is 2. The molecule has 7 heteroatoms. The van der Waals surface area contributed by atoms with E-state index in [9.17, 15) is 13.5 Å². The predicted octanol–water partition coefficient (Wildman–Crippen LogP) is -0.552. The highest BCUT2D eigenvalue weighted by Crippen LogP contribution is 2.09. The van der Waals surface area contributed by atoms with Crippen LogP contribution in [0.2, 0.25) is 0 Å². The zero-order valence-electron chi connectivity index (χ0n) is 8.29. The molecule has 3 N–H and O–H groups in total. The molecule has 6 nitrogen and oxygen atoms in total. The fraction of sp³-hybridized carbons (Fsp3) is 1.00. The van der Waals surface area contributed by atoms with E-state index >= 15 is 0 Å². The Morgan fingerprint density at radius 3 is 2.14 bits per heavy atom. The Kier molecular flexibility index (Phi) is 5.53. The number of aliphatic hydroxyl groups is 2. The zero-order chi connectivity index (χ0) is 11.4. The maximum Gasteiger partial charge on any atom is 0.278 e. The van der Waals surface area contributed by atoms with Crippen LogP contribution in [0.4, 0.5) is 0 Å². The lowest BCUT2D eigenvalue weighted by atomic mass is 10.1. The largest absolute Gasteiger partial charge is 0.381 e. The maximum absolute atomic E-state index is 10.5. The Hall–Kier alpha value is -0.210. The van der Waals surface area contributed by atoms with Gasteiger partial charge in [0, 0.05) is 0 Å². The summed E-state index contributed by atoms with van der Waals surface area (Å²) in [7, 11) is -4.21. The minimum atomic E-state index is -4.21. The summed E-state index contributed by atoms with van der Waals surface area (Å²) in [5.41, 5.74) is 0. The van der Waals surface area contributed by atoms with Gasteiger partial charge in [0.25, 0.3) is 10.1 Å². The highest BCUT2D eigenvalue weighted by atomic mass is 32.2. The summed E-state index contributed by atoms with van der Waals surface area (Å²) in [6, 6.07) is 0. The molecule has 0 amide bonds. The van der Waals surface area contributed by atoms with Crippen molar-refractivity contribution in [2.75, 3.05) is 12.6 Å². The molecule has 1 atom stereocenters. The van der Waals surface area contributed by atoms with Gasteiger partial charge >= 0.3 is 0 Å². The first kappa shape index (κ1) is 13.8. The smallest absolute Gasteiger partial charge is 0.278 e. The second-order valence-corrected chi connectivity index (χ2v) is 4.97. The van der Waals surface area contributed by atoms with Gasteiger partial charge in [0.2, 0.25) is 0 Å². The van der Waals surface area contributed by atoms with Gasteiger partial charge in [-0.1, -0.05) is 13.8 Å². The minimum Gasteiger partial charge on any atom is -0.381 e. The van der Waals surface area contributed by atoms with E-state index in [-0.39, 0.29) is 5.92 Å². The molecule has 0 aromatic carbocycles. The average Bonchev–Trinajstić information content (AvgIpc) is 1.96. The van der Waals surface area contributed by atoms with Gasteiger partial charge in [-0.05, 0) is 12.3 Å². The summed E-state index contributed by atoms with van der Waals surface area (Å²) >= 11 is 0. The Morgan fingerprint density at radius 2 is 1.86 bits per heavy atom. The molecule has 86 valence electrons. The van der Waals surface area contributed by atoms with E-state index in [1.807, 2.05) is 13.8 Å². The number of hydrogen-bond acceptors (Lipinski definition) is 5. The molecule has 0 spiro atoms. The molecule has 0 aromatic heterocycles. The molecule has 0 saturated heterocycles. The van der Waals surface area contributed by atoms with Crippen molar-refractivity contribution >= 4 is 10.1 Å². The summed E-state index contributed by atoms with van der Waals surface area (Å²) in [6.07, 6.45) is -0.738. The lowest BCUT2D eigenvalue weighted by Gasteiger charge is -2.25. The second kappa shape index (κ2) is 5.62. The first-order chi connectivity index (χ1) is 6.26. The van der Waals surface area contributed by atoms with E-state index in [1.165, 1.54) is 0 Å². The molecule has 0 radical (unpaired) electrons. The Balaban J connectivity index is 4.26. The van der Waals surface area contributed by atoms with E-state index in [0.717, 1.165) is 4.90 Å². The van der Waals surface area contributed by atoms with Crippen molar-refractivity contribution in [3.8, 4) is 0 Å². The van der Waals surface area contributed by atoms with Crippen molar-refractivity contribution in [3.05, 3.63) is 0 Å². The molecule has 0 fully saturated rings. The summed E-state index contributed by atoms with van der Waals surface area (Å²) < 4.78 is 29.5. The van der Waals surface area contributed by atoms with Crippen molar-refractivity contribution in [1.29, 1.82) is 0 Å². The van der Waals surface area contributed by atoms with Crippen LogP contribution in [0, 0.1) is 5.92 Å². The van der Waals surface area contributed by atoms with Crippen molar-refractivity contribution < 1.29 is 23.2 Å². The summed E-state index contributed by atoms with van der Waals surface area (Å²) in [5.74, 6) is -0.599. The fourth-order valence-corrected chi connectivity index (χ4v) is 1.67. The second-order valence-electron chi connectivity index (χ2n) is 3.55. The third kappa shape index (κ3) is 6.28. The lowest BCUT2D eigenvalue weighted by molar-refractivity contribution is -0.0452. The summed E-state index contributed by atoms with van der Waals surface area (Å²) in [6.45, 7) is 3.09. The SMILES string of the molecule is CC(C)CC(O)N(CO)CS(=O)(=O)O. The van der Waals surface area contributed by atoms with Gasteiger partial charge in [0.1, 0.15) is 12.1 Å². The first-order valence-electron chi connectivity index (χ1n) is 4.24. The van der Waals surface area contributed by atoms with Crippen LogP contribution in [0.1, 0.15) is 20.3 Å². The Labute approximate surface area is 83.9 Å². The highest BCUT2D eigenvalue weighted by molar-refractivity contribution is 7.85. The van der Waals surface area contributed by atoms with E-state index in [1.54, 1.807) is 0 Å². The summed E-state index contributed by atoms with van der Waals surface area (Å²) in [4.78, 5) is 0.870. The van der Waals surface area contributed by atoms with Crippen LogP contribution in [0.3, 0.4) is 0 Å². The van der Waals surface area contributed by atoms with Crippen LogP contribution in [-0.4, -0.2) is 46.9 Å². The minimum absolute atomic E-state index is 0.167. The molecular formula is C7H17NO5S. The van der Waals surface area contributed by atoms with Gasteiger partial charge in [-0.15, -0.1) is 0 Å². The molecule has 0 aliphatic rings. The standard InChI is InChI=1S/C7H17NO5S/c1-6(2)3-7(10)8(4-9)5-14(11,12)13/h6-7,9-10H,3-5H2,1-2H3,(H,11,12,13). The van der Waals surface area contributed by atoms with Crippen LogP contribution >= 0.6 is 0 Å². The predicted molar refractivity (Wildman–Crippen MR) is 50.8 cm³/mol. The molecule has 0 aliphatic carbocycles. The van der Waals surface area contributed by atoms with Gasteiger partial charge in [-0.3, -0.25) is 4.55 Å². The van der Waals surface area contributed by atoms with Gasteiger partial charge in [-0.2, -0.15) is 8.42 Å². The third-order valence-electron chi connectivity index (χ3n) is 1.61. The third-order valence-corrected chi connectivity index (χ3v) is 2.27. The normalized spacial score (nSPS) is 15.1. The van der Waals surface area contributed by atoms with Gasteiger partial charge in [0.15, 0.2) is 0 Å². The van der Waals surface area contributed by atoms with E-state index in [4.69, 9.17) is 9.66 Å². The van der Waals surface area contributed by atoms with Gasteiger partial charge < -0.3 is 10.2 Å². The molecule has 14 heavy (non-hydrogen) atoms. The number of rotatable bonds is 6. The first-order valence-corrected chi connectivity index (χ1v) is 5.85. The van der Waals surface area contributed by atoms with Crippen molar-refractivity contribution in [1.82, 2.24) is 4.90 Å². The summed E-state index contributed by atoms with van der Waals surface area (Å²) in [5, 5.41) is 18.2. The maximum atomic E-state index is 10.5. The average molecular weight is 227 g/mol. The van der Waals surface area contributed by atoms with Gasteiger partial charge in [-0.25, -0.2) is 4.90 Å². The van der Waals surface area contributed by atoms with Crippen molar-refractivity contribution in [2.24, 2.45) is 5.92 Å². The molecule has 0 rings (SSSR count). The quantitative estimate of drug-likeness (QED) is 0.416. The molecule has 0 aromatic rings. The molecule has 0 heterocycles. The molecule has 0 bridgehead atoms. The van der Waals surface area contributed by atoms with Crippen molar-refractivity contribution in [2.45, 2.75) is 26.5 Å². The topological polar surface area (TPSA) is 98.1 Å². The van der Waals surface area contributed by atoms with E-state index in [0.29, 0.717) is 6.42 Å². The van der Waals surface area contributed by atoms with Crippen LogP contribution in [-0.2, 0) is 10.1 Å². The van der Waals surface area contributed by atoms with Crippen LogP contribution in [0.15, 0.2) is 0 Å². The molecule has 1 unspecified atom stereocenters. The number of nitrogens with zero attached hydrogens (tertiary/aromatic N) is 1. The lowest BCUT2D eigenvalue weighted by Crippen LogP contribution is -2.40. The van der Waals surface area contributed by atoms with Crippen LogP contribution < -0.4 is 0 Å². The van der Waals surface area contributed by atoms with Crippen LogP contribution in [0.25, 0.3) is 0 Å². The highest BCUT2D eigenvalue weighted by Gasteiger charge is 2.20.